The van der Waals surface area contributed by atoms with E-state index in [1.807, 2.05) is 25.1 Å². The van der Waals surface area contributed by atoms with Crippen LogP contribution in [0.15, 0.2) is 36.4 Å². The van der Waals surface area contributed by atoms with E-state index in [1.54, 1.807) is 25.1 Å². The second-order valence-electron chi connectivity index (χ2n) is 7.79. The standard InChI is InChI=1S/C22H22ClN3O3/c1-13-6-9-17(23)11-18(13)24-19(27)12-26-20(28)22(2,25-21(26)29)16-8-7-14-4-3-5-15(14)10-16/h6-11H,3-5,12H2,1-2H3,(H,24,27)(H,25,29)/t22-/m1/s1. The molecule has 0 spiro atoms. The Labute approximate surface area is 174 Å². The number of benzene rings is 2. The summed E-state index contributed by atoms with van der Waals surface area (Å²) in [6.45, 7) is 3.16. The van der Waals surface area contributed by atoms with Gasteiger partial charge >= 0.3 is 6.03 Å². The van der Waals surface area contributed by atoms with Crippen LogP contribution < -0.4 is 10.6 Å². The zero-order valence-electron chi connectivity index (χ0n) is 16.3. The first-order valence-electron chi connectivity index (χ1n) is 9.60. The number of imide groups is 1. The van der Waals surface area contributed by atoms with Crippen molar-refractivity contribution in [3.63, 3.8) is 0 Å². The van der Waals surface area contributed by atoms with E-state index in [0.29, 0.717) is 10.7 Å². The van der Waals surface area contributed by atoms with E-state index < -0.39 is 23.4 Å². The van der Waals surface area contributed by atoms with Gasteiger partial charge in [0, 0.05) is 10.7 Å². The van der Waals surface area contributed by atoms with Gasteiger partial charge in [0.2, 0.25) is 5.91 Å². The molecule has 0 unspecified atom stereocenters. The van der Waals surface area contributed by atoms with Gasteiger partial charge in [-0.3, -0.25) is 14.5 Å². The highest BCUT2D eigenvalue weighted by atomic mass is 35.5. The molecule has 150 valence electrons. The molecule has 4 amide bonds. The fourth-order valence-electron chi connectivity index (χ4n) is 3.98. The van der Waals surface area contributed by atoms with Gasteiger partial charge in [-0.2, -0.15) is 0 Å². The molecule has 1 saturated heterocycles. The topological polar surface area (TPSA) is 78.5 Å². The highest BCUT2D eigenvalue weighted by Gasteiger charge is 2.49. The van der Waals surface area contributed by atoms with Gasteiger partial charge in [0.1, 0.15) is 12.1 Å². The summed E-state index contributed by atoms with van der Waals surface area (Å²) in [5.41, 5.74) is 3.46. The Morgan fingerprint density at radius 2 is 1.93 bits per heavy atom. The Bertz CT molecular complexity index is 1040. The molecule has 0 radical (unpaired) electrons. The van der Waals surface area contributed by atoms with Crippen molar-refractivity contribution < 1.29 is 14.4 Å². The monoisotopic (exact) mass is 411 g/mol. The van der Waals surface area contributed by atoms with Gasteiger partial charge in [0.05, 0.1) is 0 Å². The van der Waals surface area contributed by atoms with Crippen LogP contribution in [0.2, 0.25) is 5.02 Å². The highest BCUT2D eigenvalue weighted by Crippen LogP contribution is 2.32. The van der Waals surface area contributed by atoms with Crippen LogP contribution in [0.5, 0.6) is 0 Å². The van der Waals surface area contributed by atoms with Crippen LogP contribution in [0.25, 0.3) is 0 Å². The third kappa shape index (κ3) is 3.49. The number of anilines is 1. The van der Waals surface area contributed by atoms with E-state index in [4.69, 9.17) is 11.6 Å². The predicted molar refractivity (Wildman–Crippen MR) is 111 cm³/mol. The summed E-state index contributed by atoms with van der Waals surface area (Å²) in [6.07, 6.45) is 3.12. The number of urea groups is 1. The lowest BCUT2D eigenvalue weighted by Crippen LogP contribution is -2.42. The third-order valence-corrected chi connectivity index (χ3v) is 5.96. The second-order valence-corrected chi connectivity index (χ2v) is 8.23. The molecule has 6 nitrogen and oxygen atoms in total. The SMILES string of the molecule is Cc1ccc(Cl)cc1NC(=O)CN1C(=O)N[C@](C)(c2ccc3c(c2)CCC3)C1=O. The summed E-state index contributed by atoms with van der Waals surface area (Å²) in [7, 11) is 0. The van der Waals surface area contributed by atoms with Crippen molar-refractivity contribution >= 4 is 35.1 Å². The van der Waals surface area contributed by atoms with Crippen LogP contribution in [0.1, 0.15) is 35.6 Å². The first kappa shape index (κ1) is 19.5. The molecule has 0 saturated carbocycles. The Balaban J connectivity index is 1.52. The largest absolute Gasteiger partial charge is 0.325 e. The molecule has 4 rings (SSSR count). The number of aryl methyl sites for hydroxylation is 3. The molecule has 0 bridgehead atoms. The van der Waals surface area contributed by atoms with Crippen molar-refractivity contribution in [1.29, 1.82) is 0 Å². The molecule has 2 aromatic carbocycles. The molecular weight excluding hydrogens is 390 g/mol. The van der Waals surface area contributed by atoms with E-state index in [1.165, 1.54) is 11.1 Å². The number of hydrogen-bond donors (Lipinski definition) is 2. The average Bonchev–Trinajstić information content (AvgIpc) is 3.23. The predicted octanol–water partition coefficient (Wildman–Crippen LogP) is 3.54. The molecule has 2 aliphatic rings. The highest BCUT2D eigenvalue weighted by molar-refractivity contribution is 6.31. The Kier molecular flexibility index (Phi) is 4.82. The lowest BCUT2D eigenvalue weighted by molar-refractivity contribution is -0.133. The van der Waals surface area contributed by atoms with E-state index in [0.717, 1.165) is 35.3 Å². The third-order valence-electron chi connectivity index (χ3n) is 5.73. The molecule has 29 heavy (non-hydrogen) atoms. The number of halogens is 1. The maximum Gasteiger partial charge on any atom is 0.325 e. The van der Waals surface area contributed by atoms with Gasteiger partial charge in [-0.25, -0.2) is 4.79 Å². The molecule has 1 aliphatic carbocycles. The van der Waals surface area contributed by atoms with E-state index in [-0.39, 0.29) is 6.54 Å². The van der Waals surface area contributed by atoms with Crippen molar-refractivity contribution in [2.45, 2.75) is 38.6 Å². The Morgan fingerprint density at radius 1 is 1.17 bits per heavy atom. The fourth-order valence-corrected chi connectivity index (χ4v) is 4.15. The van der Waals surface area contributed by atoms with Crippen molar-refractivity contribution in [3.05, 3.63) is 63.7 Å². The smallest absolute Gasteiger partial charge is 0.324 e. The van der Waals surface area contributed by atoms with Crippen molar-refractivity contribution in [1.82, 2.24) is 10.2 Å². The summed E-state index contributed by atoms with van der Waals surface area (Å²) < 4.78 is 0. The molecule has 1 fully saturated rings. The van der Waals surface area contributed by atoms with Crippen LogP contribution in [0.4, 0.5) is 10.5 Å². The second kappa shape index (κ2) is 7.19. The number of carbonyl (C=O) groups excluding carboxylic acids is 3. The van der Waals surface area contributed by atoms with E-state index in [2.05, 4.69) is 10.6 Å². The number of carbonyl (C=O) groups is 3. The van der Waals surface area contributed by atoms with Crippen LogP contribution >= 0.6 is 11.6 Å². The molecule has 1 heterocycles. The number of fused-ring (bicyclic) bond motifs is 1. The van der Waals surface area contributed by atoms with Gasteiger partial charge in [-0.15, -0.1) is 0 Å². The molecule has 2 N–H and O–H groups in total. The van der Waals surface area contributed by atoms with Crippen molar-refractivity contribution in [3.8, 4) is 0 Å². The summed E-state index contributed by atoms with van der Waals surface area (Å²) >= 11 is 5.98. The van der Waals surface area contributed by atoms with Crippen molar-refractivity contribution in [2.75, 3.05) is 11.9 Å². The number of nitrogens with zero attached hydrogens (tertiary/aromatic N) is 1. The number of hydrogen-bond acceptors (Lipinski definition) is 3. The first-order valence-corrected chi connectivity index (χ1v) is 9.98. The van der Waals surface area contributed by atoms with Crippen LogP contribution in [0.3, 0.4) is 0 Å². The summed E-state index contributed by atoms with van der Waals surface area (Å²) in [4.78, 5) is 39.1. The summed E-state index contributed by atoms with van der Waals surface area (Å²) in [6, 6.07) is 10.5. The normalized spacial score (nSPS) is 20.6. The zero-order valence-corrected chi connectivity index (χ0v) is 17.1. The lowest BCUT2D eigenvalue weighted by atomic mass is 9.89. The molecule has 1 atom stereocenters. The lowest BCUT2D eigenvalue weighted by Gasteiger charge is -2.23. The molecule has 1 aliphatic heterocycles. The van der Waals surface area contributed by atoms with Crippen LogP contribution in [-0.4, -0.2) is 29.3 Å². The van der Waals surface area contributed by atoms with Gasteiger partial charge < -0.3 is 10.6 Å². The van der Waals surface area contributed by atoms with Gasteiger partial charge in [0.25, 0.3) is 5.91 Å². The average molecular weight is 412 g/mol. The first-order chi connectivity index (χ1) is 13.8. The summed E-state index contributed by atoms with van der Waals surface area (Å²) in [5.74, 6) is -0.893. The van der Waals surface area contributed by atoms with Crippen LogP contribution in [-0.2, 0) is 28.0 Å². The Hall–Kier alpha value is -2.86. The maximum atomic E-state index is 13.1. The van der Waals surface area contributed by atoms with Gasteiger partial charge in [-0.05, 0) is 67.5 Å². The number of amides is 4. The molecular formula is C22H22ClN3O3. The quantitative estimate of drug-likeness (QED) is 0.755. The van der Waals surface area contributed by atoms with E-state index >= 15 is 0 Å². The van der Waals surface area contributed by atoms with Gasteiger partial charge in [-0.1, -0.05) is 35.9 Å². The van der Waals surface area contributed by atoms with Gasteiger partial charge in [0.15, 0.2) is 0 Å². The minimum atomic E-state index is -1.18. The van der Waals surface area contributed by atoms with Crippen LogP contribution in [0, 0.1) is 6.92 Å². The van der Waals surface area contributed by atoms with Crippen molar-refractivity contribution in [2.24, 2.45) is 0 Å². The molecule has 0 aromatic heterocycles. The number of nitrogens with one attached hydrogen (secondary N) is 2. The minimum Gasteiger partial charge on any atom is -0.324 e. The zero-order chi connectivity index (χ0) is 20.8. The summed E-state index contributed by atoms with van der Waals surface area (Å²) in [5, 5.41) is 5.98. The minimum absolute atomic E-state index is 0.364. The maximum absolute atomic E-state index is 13.1. The molecule has 7 heteroatoms. The Morgan fingerprint density at radius 3 is 2.72 bits per heavy atom. The molecule has 2 aromatic rings. The fraction of sp³-hybridized carbons (Fsp3) is 0.318. The van der Waals surface area contributed by atoms with E-state index in [9.17, 15) is 14.4 Å². The number of rotatable bonds is 4.